The van der Waals surface area contributed by atoms with Gasteiger partial charge in [0.25, 0.3) is 0 Å². The van der Waals surface area contributed by atoms with Crippen LogP contribution in [0.25, 0.3) is 0 Å². The summed E-state index contributed by atoms with van der Waals surface area (Å²) >= 11 is -1.51. The van der Waals surface area contributed by atoms with Gasteiger partial charge in [-0.3, -0.25) is 0 Å². The fraction of sp³-hybridized carbons (Fsp3) is 0.583. The monoisotopic (exact) mass is 300 g/mol. The third-order valence-corrected chi connectivity index (χ3v) is 7.81. The van der Waals surface area contributed by atoms with Crippen LogP contribution < -0.4 is 4.57 Å². The second-order valence-corrected chi connectivity index (χ2v) is 21.3. The molecular formula is C12H22NSn+. The molecule has 1 heterocycles. The van der Waals surface area contributed by atoms with Gasteiger partial charge in [-0.15, -0.1) is 0 Å². The van der Waals surface area contributed by atoms with Gasteiger partial charge in [-0.05, 0) is 0 Å². The number of aryl methyl sites for hydroxylation is 2. The van der Waals surface area contributed by atoms with E-state index >= 15 is 0 Å². The van der Waals surface area contributed by atoms with Crippen molar-refractivity contribution >= 4 is 18.4 Å². The van der Waals surface area contributed by atoms with Crippen molar-refractivity contribution in [2.75, 3.05) is 0 Å². The zero-order chi connectivity index (χ0) is 10.6. The van der Waals surface area contributed by atoms with Crippen LogP contribution in [0.2, 0.25) is 19.3 Å². The SMILES string of the molecule is C[n+]1ccccc1CC[CH2][Sn]([CH3])([CH3])[CH3]. The second-order valence-electron chi connectivity index (χ2n) is 5.22. The fourth-order valence-electron chi connectivity index (χ4n) is 1.62. The average Bonchev–Trinajstić information content (AvgIpc) is 2.06. The number of aromatic nitrogens is 1. The van der Waals surface area contributed by atoms with Crippen LogP contribution in [0.1, 0.15) is 12.1 Å². The maximum atomic E-state index is 2.51. The van der Waals surface area contributed by atoms with Crippen LogP contribution in [0.3, 0.4) is 0 Å². The Morgan fingerprint density at radius 1 is 1.21 bits per heavy atom. The van der Waals surface area contributed by atoms with Crippen molar-refractivity contribution in [3.05, 3.63) is 30.1 Å². The summed E-state index contributed by atoms with van der Waals surface area (Å²) in [7, 11) is 2.13. The molecule has 0 N–H and O–H groups in total. The Balaban J connectivity index is 2.43. The van der Waals surface area contributed by atoms with E-state index in [4.69, 9.17) is 0 Å². The van der Waals surface area contributed by atoms with Crippen molar-refractivity contribution in [1.82, 2.24) is 0 Å². The number of rotatable bonds is 4. The fourth-order valence-corrected chi connectivity index (χ4v) is 5.15. The molecule has 14 heavy (non-hydrogen) atoms. The number of pyridine rings is 1. The van der Waals surface area contributed by atoms with Gasteiger partial charge in [0, 0.05) is 0 Å². The Morgan fingerprint density at radius 3 is 2.50 bits per heavy atom. The molecule has 1 aromatic heterocycles. The van der Waals surface area contributed by atoms with Gasteiger partial charge in [-0.1, -0.05) is 0 Å². The van der Waals surface area contributed by atoms with Gasteiger partial charge in [0.05, 0.1) is 0 Å². The van der Waals surface area contributed by atoms with E-state index < -0.39 is 18.4 Å². The molecule has 0 fully saturated rings. The summed E-state index contributed by atoms with van der Waals surface area (Å²) in [4.78, 5) is 7.54. The van der Waals surface area contributed by atoms with Crippen LogP contribution in [-0.2, 0) is 13.5 Å². The zero-order valence-electron chi connectivity index (χ0n) is 9.88. The normalized spacial score (nSPS) is 11.7. The molecule has 78 valence electrons. The molecule has 2 heteroatoms. The average molecular weight is 299 g/mol. The van der Waals surface area contributed by atoms with Crippen molar-refractivity contribution in [2.24, 2.45) is 7.05 Å². The van der Waals surface area contributed by atoms with Gasteiger partial charge in [-0.2, -0.15) is 0 Å². The molecule has 0 aromatic carbocycles. The molecule has 0 atom stereocenters. The first-order valence-corrected chi connectivity index (χ1v) is 16.0. The van der Waals surface area contributed by atoms with Crippen LogP contribution in [-0.4, -0.2) is 18.4 Å². The summed E-state index contributed by atoms with van der Waals surface area (Å²) in [6.45, 7) is 0. The first-order chi connectivity index (χ1) is 6.49. The van der Waals surface area contributed by atoms with Gasteiger partial charge in [-0.25, -0.2) is 0 Å². The first kappa shape index (κ1) is 12.0. The Labute approximate surface area is 92.0 Å². The Bertz CT molecular complexity index is 289. The van der Waals surface area contributed by atoms with Crippen LogP contribution in [0, 0.1) is 0 Å². The van der Waals surface area contributed by atoms with Gasteiger partial charge < -0.3 is 0 Å². The summed E-state index contributed by atoms with van der Waals surface area (Å²) in [6, 6.07) is 6.46. The van der Waals surface area contributed by atoms with Crippen molar-refractivity contribution in [2.45, 2.75) is 32.1 Å². The van der Waals surface area contributed by atoms with Crippen LogP contribution >= 0.6 is 0 Å². The molecule has 1 nitrogen and oxygen atoms in total. The Kier molecular flexibility index (Phi) is 4.42. The van der Waals surface area contributed by atoms with Crippen molar-refractivity contribution in [3.8, 4) is 0 Å². The van der Waals surface area contributed by atoms with E-state index in [1.807, 2.05) is 0 Å². The van der Waals surface area contributed by atoms with E-state index in [1.165, 1.54) is 23.0 Å². The topological polar surface area (TPSA) is 3.88 Å². The second kappa shape index (κ2) is 5.15. The van der Waals surface area contributed by atoms with Crippen LogP contribution in [0.4, 0.5) is 0 Å². The van der Waals surface area contributed by atoms with Crippen molar-refractivity contribution in [1.29, 1.82) is 0 Å². The van der Waals surface area contributed by atoms with E-state index in [9.17, 15) is 0 Å². The molecule has 0 saturated carbocycles. The number of hydrogen-bond donors (Lipinski definition) is 0. The predicted molar refractivity (Wildman–Crippen MR) is 64.1 cm³/mol. The molecule has 0 saturated heterocycles. The quantitative estimate of drug-likeness (QED) is 0.594. The third-order valence-electron chi connectivity index (χ3n) is 2.52. The minimum absolute atomic E-state index is 1.24. The van der Waals surface area contributed by atoms with E-state index in [0.717, 1.165) is 0 Å². The molecule has 0 bridgehead atoms. The molecule has 0 unspecified atom stereocenters. The molecule has 1 aromatic rings. The van der Waals surface area contributed by atoms with Gasteiger partial charge in [0.2, 0.25) is 0 Å². The predicted octanol–water partition coefficient (Wildman–Crippen LogP) is 2.78. The van der Waals surface area contributed by atoms with E-state index in [-0.39, 0.29) is 0 Å². The zero-order valence-corrected chi connectivity index (χ0v) is 12.7. The van der Waals surface area contributed by atoms with E-state index in [0.29, 0.717) is 0 Å². The summed E-state index contributed by atoms with van der Waals surface area (Å²) in [5.74, 6) is 0. The minimum atomic E-state index is -1.51. The van der Waals surface area contributed by atoms with Crippen LogP contribution in [0.5, 0.6) is 0 Å². The Hall–Kier alpha value is -0.0513. The van der Waals surface area contributed by atoms with Gasteiger partial charge in [0.1, 0.15) is 0 Å². The number of hydrogen-bond acceptors (Lipinski definition) is 0. The van der Waals surface area contributed by atoms with Crippen LogP contribution in [0.15, 0.2) is 24.4 Å². The van der Waals surface area contributed by atoms with Crippen molar-refractivity contribution in [3.63, 3.8) is 0 Å². The maximum absolute atomic E-state index is 2.51. The summed E-state index contributed by atoms with van der Waals surface area (Å²) in [5.41, 5.74) is 1.46. The molecule has 0 spiro atoms. The molecule has 0 aliphatic rings. The van der Waals surface area contributed by atoms with Gasteiger partial charge in [0.15, 0.2) is 0 Å². The standard InChI is InChI=1S/C9H13N.3CH3.Sn/c1-3-6-9-7-4-5-8-10(9)2;;;;/h4-5,7-8H,1,3,6H2,2H3;3*1H3;/q+1;;;;. The molecule has 0 aliphatic carbocycles. The molecule has 1 rings (SSSR count). The summed E-state index contributed by atoms with van der Waals surface area (Å²) < 4.78 is 3.74. The van der Waals surface area contributed by atoms with E-state index in [2.05, 4.69) is 50.8 Å². The van der Waals surface area contributed by atoms with Crippen molar-refractivity contribution < 1.29 is 4.57 Å². The molecule has 0 amide bonds. The van der Waals surface area contributed by atoms with E-state index in [1.54, 1.807) is 0 Å². The summed E-state index contributed by atoms with van der Waals surface area (Å²) in [5, 5.41) is 0. The molecule has 0 radical (unpaired) electrons. The molecule has 0 aliphatic heterocycles. The number of nitrogens with zero attached hydrogens (tertiary/aromatic N) is 1. The molecular weight excluding hydrogens is 277 g/mol. The summed E-state index contributed by atoms with van der Waals surface area (Å²) in [6.07, 6.45) is 4.75. The first-order valence-electron chi connectivity index (χ1n) is 5.42. The van der Waals surface area contributed by atoms with Gasteiger partial charge >= 0.3 is 92.2 Å². The third kappa shape index (κ3) is 4.45. The Morgan fingerprint density at radius 2 is 1.93 bits per heavy atom.